The molecule has 0 spiro atoms. The van der Waals surface area contributed by atoms with Gasteiger partial charge < -0.3 is 4.74 Å². The molecule has 0 aliphatic rings. The molecular formula is C12H16N4O. The van der Waals surface area contributed by atoms with Crippen LogP contribution in [0.5, 0.6) is 5.88 Å². The molecule has 0 N–H and O–H groups in total. The molecule has 2 rings (SSSR count). The third-order valence-electron chi connectivity index (χ3n) is 2.80. The van der Waals surface area contributed by atoms with Gasteiger partial charge in [-0.05, 0) is 18.4 Å². The van der Waals surface area contributed by atoms with Gasteiger partial charge in [-0.2, -0.15) is 0 Å². The van der Waals surface area contributed by atoms with Gasteiger partial charge in [0.05, 0.1) is 7.11 Å². The number of aromatic nitrogens is 4. The smallest absolute Gasteiger partial charge is 0.250 e. The van der Waals surface area contributed by atoms with Gasteiger partial charge in [0, 0.05) is 24.2 Å². The molecule has 0 fully saturated rings. The molecule has 5 nitrogen and oxygen atoms in total. The standard InChI is InChI=1S/C12H16N4O/c1-4-9(2)10-8-16(15-11(10)17-3)12-13-6-5-7-14-12/h5-9H,4H2,1-3H3. The predicted octanol–water partition coefficient (Wildman–Crippen LogP) is 2.18. The molecule has 0 amide bonds. The predicted molar refractivity (Wildman–Crippen MR) is 64.4 cm³/mol. The van der Waals surface area contributed by atoms with Crippen molar-refractivity contribution in [3.63, 3.8) is 0 Å². The Morgan fingerprint density at radius 3 is 2.65 bits per heavy atom. The highest BCUT2D eigenvalue weighted by Gasteiger charge is 2.16. The lowest BCUT2D eigenvalue weighted by molar-refractivity contribution is 0.386. The average Bonchev–Trinajstić information content (AvgIpc) is 2.83. The summed E-state index contributed by atoms with van der Waals surface area (Å²) in [5.41, 5.74) is 1.09. The van der Waals surface area contributed by atoms with Crippen LogP contribution in [0.25, 0.3) is 5.95 Å². The minimum Gasteiger partial charge on any atom is -0.480 e. The lowest BCUT2D eigenvalue weighted by Crippen LogP contribution is -2.00. The van der Waals surface area contributed by atoms with E-state index in [4.69, 9.17) is 4.74 Å². The van der Waals surface area contributed by atoms with E-state index in [0.717, 1.165) is 12.0 Å². The van der Waals surface area contributed by atoms with Crippen molar-refractivity contribution in [3.8, 4) is 11.8 Å². The third-order valence-corrected chi connectivity index (χ3v) is 2.80. The van der Waals surface area contributed by atoms with Gasteiger partial charge in [-0.15, -0.1) is 5.10 Å². The van der Waals surface area contributed by atoms with Crippen LogP contribution < -0.4 is 4.74 Å². The molecule has 0 saturated heterocycles. The highest BCUT2D eigenvalue weighted by atomic mass is 16.5. The van der Waals surface area contributed by atoms with Crippen molar-refractivity contribution in [2.45, 2.75) is 26.2 Å². The largest absolute Gasteiger partial charge is 0.480 e. The summed E-state index contributed by atoms with van der Waals surface area (Å²) in [7, 11) is 1.63. The van der Waals surface area contributed by atoms with E-state index in [1.807, 2.05) is 6.20 Å². The first-order valence-electron chi connectivity index (χ1n) is 5.67. The van der Waals surface area contributed by atoms with E-state index in [1.54, 1.807) is 30.3 Å². The summed E-state index contributed by atoms with van der Waals surface area (Å²) in [6.07, 6.45) is 6.36. The fourth-order valence-electron chi connectivity index (χ4n) is 1.60. The van der Waals surface area contributed by atoms with E-state index in [9.17, 15) is 0 Å². The van der Waals surface area contributed by atoms with Gasteiger partial charge in [0.2, 0.25) is 5.88 Å². The normalized spacial score (nSPS) is 12.4. The molecule has 2 heterocycles. The van der Waals surface area contributed by atoms with Gasteiger partial charge in [-0.1, -0.05) is 13.8 Å². The summed E-state index contributed by atoms with van der Waals surface area (Å²) >= 11 is 0. The quantitative estimate of drug-likeness (QED) is 0.810. The van der Waals surface area contributed by atoms with Gasteiger partial charge >= 0.3 is 0 Å². The second kappa shape index (κ2) is 4.95. The van der Waals surface area contributed by atoms with Crippen LogP contribution in [0.1, 0.15) is 31.7 Å². The van der Waals surface area contributed by atoms with E-state index >= 15 is 0 Å². The molecule has 17 heavy (non-hydrogen) atoms. The lowest BCUT2D eigenvalue weighted by Gasteiger charge is -2.06. The van der Waals surface area contributed by atoms with Crippen molar-refractivity contribution in [1.82, 2.24) is 19.7 Å². The van der Waals surface area contributed by atoms with Crippen molar-refractivity contribution in [2.24, 2.45) is 0 Å². The fraction of sp³-hybridized carbons (Fsp3) is 0.417. The highest BCUT2D eigenvalue weighted by molar-refractivity contribution is 5.29. The van der Waals surface area contributed by atoms with Crippen molar-refractivity contribution in [1.29, 1.82) is 0 Å². The minimum absolute atomic E-state index is 0.405. The zero-order valence-corrected chi connectivity index (χ0v) is 10.3. The van der Waals surface area contributed by atoms with Crippen LogP contribution in [0.15, 0.2) is 24.7 Å². The molecule has 0 bridgehead atoms. The maximum Gasteiger partial charge on any atom is 0.250 e. The molecule has 5 heteroatoms. The number of hydrogen-bond acceptors (Lipinski definition) is 4. The molecule has 2 aromatic rings. The average molecular weight is 232 g/mol. The summed E-state index contributed by atoms with van der Waals surface area (Å²) in [5.74, 6) is 1.61. The molecule has 0 aliphatic carbocycles. The van der Waals surface area contributed by atoms with Crippen molar-refractivity contribution >= 4 is 0 Å². The summed E-state index contributed by atoms with van der Waals surface area (Å²) < 4.78 is 6.94. The summed E-state index contributed by atoms with van der Waals surface area (Å²) in [6, 6.07) is 1.78. The van der Waals surface area contributed by atoms with E-state index < -0.39 is 0 Å². The summed E-state index contributed by atoms with van der Waals surface area (Å²) in [4.78, 5) is 8.31. The van der Waals surface area contributed by atoms with E-state index in [2.05, 4.69) is 28.9 Å². The number of methoxy groups -OCH3 is 1. The number of rotatable bonds is 4. The van der Waals surface area contributed by atoms with Gasteiger partial charge in [0.25, 0.3) is 5.95 Å². The van der Waals surface area contributed by atoms with Crippen LogP contribution in [0.4, 0.5) is 0 Å². The van der Waals surface area contributed by atoms with Crippen LogP contribution in [0.2, 0.25) is 0 Å². The van der Waals surface area contributed by atoms with Crippen LogP contribution in [0, 0.1) is 0 Å². The zero-order valence-electron chi connectivity index (χ0n) is 10.3. The first kappa shape index (κ1) is 11.6. The van der Waals surface area contributed by atoms with Gasteiger partial charge in [0.15, 0.2) is 0 Å². The monoisotopic (exact) mass is 232 g/mol. The van der Waals surface area contributed by atoms with Gasteiger partial charge in [0.1, 0.15) is 0 Å². The highest BCUT2D eigenvalue weighted by Crippen LogP contribution is 2.27. The topological polar surface area (TPSA) is 52.8 Å². The Bertz CT molecular complexity index is 481. The molecular weight excluding hydrogens is 216 g/mol. The Kier molecular flexibility index (Phi) is 3.37. The minimum atomic E-state index is 0.405. The molecule has 0 radical (unpaired) electrons. The Hall–Kier alpha value is -1.91. The van der Waals surface area contributed by atoms with Crippen molar-refractivity contribution in [3.05, 3.63) is 30.2 Å². The van der Waals surface area contributed by atoms with E-state index in [0.29, 0.717) is 17.7 Å². The van der Waals surface area contributed by atoms with Gasteiger partial charge in [-0.25, -0.2) is 14.6 Å². The van der Waals surface area contributed by atoms with Crippen LogP contribution in [-0.4, -0.2) is 26.9 Å². The van der Waals surface area contributed by atoms with E-state index in [-0.39, 0.29) is 0 Å². The van der Waals surface area contributed by atoms with Crippen LogP contribution in [0.3, 0.4) is 0 Å². The van der Waals surface area contributed by atoms with Crippen LogP contribution in [-0.2, 0) is 0 Å². The summed E-state index contributed by atoms with van der Waals surface area (Å²) in [6.45, 7) is 4.29. The Morgan fingerprint density at radius 1 is 1.35 bits per heavy atom. The molecule has 0 aliphatic heterocycles. The zero-order chi connectivity index (χ0) is 12.3. The molecule has 0 aromatic carbocycles. The van der Waals surface area contributed by atoms with E-state index in [1.165, 1.54) is 0 Å². The van der Waals surface area contributed by atoms with Crippen molar-refractivity contribution in [2.75, 3.05) is 7.11 Å². The second-order valence-corrected chi connectivity index (χ2v) is 3.90. The van der Waals surface area contributed by atoms with Gasteiger partial charge in [-0.3, -0.25) is 0 Å². The molecule has 2 aromatic heterocycles. The maximum absolute atomic E-state index is 5.28. The Labute approximate surface area is 100 Å². The number of hydrogen-bond donors (Lipinski definition) is 0. The Morgan fingerprint density at radius 2 is 2.06 bits per heavy atom. The first-order valence-corrected chi connectivity index (χ1v) is 5.67. The molecule has 1 unspecified atom stereocenters. The third kappa shape index (κ3) is 2.27. The van der Waals surface area contributed by atoms with Crippen molar-refractivity contribution < 1.29 is 4.74 Å². The lowest BCUT2D eigenvalue weighted by atomic mass is 10.0. The second-order valence-electron chi connectivity index (χ2n) is 3.90. The molecule has 1 atom stereocenters. The molecule has 0 saturated carbocycles. The number of nitrogens with zero attached hydrogens (tertiary/aromatic N) is 4. The molecule has 90 valence electrons. The SMILES string of the molecule is CCC(C)c1cn(-c2ncccn2)nc1OC. The number of ether oxygens (including phenoxy) is 1. The first-order chi connectivity index (χ1) is 8.26. The maximum atomic E-state index is 5.28. The Balaban J connectivity index is 2.41. The summed E-state index contributed by atoms with van der Waals surface area (Å²) in [5, 5.41) is 4.34. The fourth-order valence-corrected chi connectivity index (χ4v) is 1.60. The van der Waals surface area contributed by atoms with Crippen LogP contribution >= 0.6 is 0 Å².